The summed E-state index contributed by atoms with van der Waals surface area (Å²) < 4.78 is 5.42. The van der Waals surface area contributed by atoms with Gasteiger partial charge in [0.2, 0.25) is 5.91 Å². The first kappa shape index (κ1) is 15.5. The van der Waals surface area contributed by atoms with Crippen LogP contribution >= 0.6 is 0 Å². The van der Waals surface area contributed by atoms with Crippen LogP contribution < -0.4 is 10.1 Å². The lowest BCUT2D eigenvalue weighted by molar-refractivity contribution is -0.132. The van der Waals surface area contributed by atoms with Crippen molar-refractivity contribution >= 4 is 5.91 Å². The average Bonchev–Trinajstić information content (AvgIpc) is 2.92. The molecule has 0 aromatic heterocycles. The van der Waals surface area contributed by atoms with Crippen molar-refractivity contribution in [3.8, 4) is 5.75 Å². The van der Waals surface area contributed by atoms with Crippen LogP contribution in [-0.2, 0) is 11.3 Å². The molecule has 1 fully saturated rings. The molecule has 1 aromatic rings. The predicted molar refractivity (Wildman–Crippen MR) is 81.0 cm³/mol. The molecule has 0 saturated carbocycles. The fraction of sp³-hybridized carbons (Fsp3) is 0.438. The Morgan fingerprint density at radius 1 is 1.52 bits per heavy atom. The van der Waals surface area contributed by atoms with Crippen molar-refractivity contribution in [2.45, 2.75) is 25.1 Å². The van der Waals surface area contributed by atoms with Crippen LogP contribution in [0.15, 0.2) is 36.9 Å². The molecule has 1 amide bonds. The minimum Gasteiger partial charge on any atom is -0.490 e. The van der Waals surface area contributed by atoms with Crippen LogP contribution in [0.2, 0.25) is 0 Å². The molecule has 21 heavy (non-hydrogen) atoms. The number of aliphatic hydroxyl groups excluding tert-OH is 1. The number of β-amino-alcohol motifs (C(OH)–C–C–N with tert-alkyl or cyclic N) is 1. The Morgan fingerprint density at radius 3 is 2.81 bits per heavy atom. The molecule has 0 aliphatic carbocycles. The molecule has 1 aliphatic rings. The monoisotopic (exact) mass is 290 g/mol. The third kappa shape index (κ3) is 4.31. The summed E-state index contributed by atoms with van der Waals surface area (Å²) in [6.07, 6.45) is 1.76. The zero-order chi connectivity index (χ0) is 15.2. The fourth-order valence-corrected chi connectivity index (χ4v) is 2.37. The van der Waals surface area contributed by atoms with Crippen LogP contribution in [0, 0.1) is 0 Å². The Kier molecular flexibility index (Phi) is 5.36. The summed E-state index contributed by atoms with van der Waals surface area (Å²) in [5.74, 6) is 0.798. The molecule has 0 radical (unpaired) electrons. The lowest BCUT2D eigenvalue weighted by Gasteiger charge is -2.21. The van der Waals surface area contributed by atoms with Crippen molar-refractivity contribution in [2.24, 2.45) is 0 Å². The number of nitrogens with zero attached hydrogens (tertiary/aromatic N) is 1. The van der Waals surface area contributed by atoms with Gasteiger partial charge in [-0.05, 0) is 24.1 Å². The van der Waals surface area contributed by atoms with Crippen LogP contribution in [0.25, 0.3) is 0 Å². The molecule has 1 aromatic carbocycles. The lowest BCUT2D eigenvalue weighted by atomic mass is 10.1. The Morgan fingerprint density at radius 2 is 2.24 bits per heavy atom. The van der Waals surface area contributed by atoms with E-state index >= 15 is 0 Å². The van der Waals surface area contributed by atoms with Crippen LogP contribution in [-0.4, -0.2) is 48.3 Å². The van der Waals surface area contributed by atoms with Crippen molar-refractivity contribution in [1.29, 1.82) is 0 Å². The van der Waals surface area contributed by atoms with Gasteiger partial charge in [0.1, 0.15) is 12.4 Å². The van der Waals surface area contributed by atoms with E-state index in [0.29, 0.717) is 26.1 Å². The van der Waals surface area contributed by atoms with Crippen LogP contribution in [0.5, 0.6) is 5.75 Å². The van der Waals surface area contributed by atoms with Gasteiger partial charge in [-0.15, -0.1) is 0 Å². The molecule has 5 heteroatoms. The molecule has 114 valence electrons. The molecule has 0 bridgehead atoms. The molecule has 1 heterocycles. The van der Waals surface area contributed by atoms with E-state index in [1.54, 1.807) is 18.0 Å². The number of nitrogens with one attached hydrogen (secondary N) is 1. The maximum absolute atomic E-state index is 12.2. The zero-order valence-electron chi connectivity index (χ0n) is 12.3. The first-order valence-corrected chi connectivity index (χ1v) is 7.09. The first-order chi connectivity index (χ1) is 10.1. The molecular weight excluding hydrogens is 268 g/mol. The quantitative estimate of drug-likeness (QED) is 0.765. The molecule has 2 N–H and O–H groups in total. The molecule has 2 rings (SSSR count). The Labute approximate surface area is 125 Å². The fourth-order valence-electron chi connectivity index (χ4n) is 2.37. The number of amides is 1. The predicted octanol–water partition coefficient (Wildman–Crippen LogP) is 0.933. The average molecular weight is 290 g/mol. The van der Waals surface area contributed by atoms with Gasteiger partial charge in [0, 0.05) is 20.1 Å². The first-order valence-electron chi connectivity index (χ1n) is 7.09. The van der Waals surface area contributed by atoms with Crippen LogP contribution in [0.3, 0.4) is 0 Å². The molecule has 0 spiro atoms. The molecule has 1 aliphatic heterocycles. The third-order valence-electron chi connectivity index (χ3n) is 3.49. The maximum atomic E-state index is 12.2. The van der Waals surface area contributed by atoms with Gasteiger partial charge in [-0.25, -0.2) is 0 Å². The Balaban J connectivity index is 1.88. The van der Waals surface area contributed by atoms with Gasteiger partial charge in [0.15, 0.2) is 0 Å². The van der Waals surface area contributed by atoms with Crippen molar-refractivity contribution in [3.05, 3.63) is 42.5 Å². The number of likely N-dealkylation sites (N-methyl/N-ethyl adjacent to an activating group) is 1. The SMILES string of the molecule is C=CCOc1ccc(CN(C)C(=O)C2CC(O)CN2)cc1. The van der Waals surface area contributed by atoms with Crippen molar-refractivity contribution in [1.82, 2.24) is 10.2 Å². The van der Waals surface area contributed by atoms with E-state index in [2.05, 4.69) is 11.9 Å². The van der Waals surface area contributed by atoms with Gasteiger partial charge >= 0.3 is 0 Å². The minimum absolute atomic E-state index is 0.0125. The summed E-state index contributed by atoms with van der Waals surface area (Å²) in [4.78, 5) is 13.9. The summed E-state index contributed by atoms with van der Waals surface area (Å²) in [7, 11) is 1.77. The van der Waals surface area contributed by atoms with Crippen molar-refractivity contribution in [2.75, 3.05) is 20.2 Å². The molecular formula is C16H22N2O3. The number of benzene rings is 1. The Hall–Kier alpha value is -1.85. The minimum atomic E-state index is -0.423. The second kappa shape index (κ2) is 7.24. The second-order valence-corrected chi connectivity index (χ2v) is 5.29. The van der Waals surface area contributed by atoms with Crippen LogP contribution in [0.1, 0.15) is 12.0 Å². The number of aliphatic hydroxyl groups is 1. The van der Waals surface area contributed by atoms with Crippen LogP contribution in [0.4, 0.5) is 0 Å². The van der Waals surface area contributed by atoms with Gasteiger partial charge in [-0.1, -0.05) is 24.8 Å². The van der Waals surface area contributed by atoms with Gasteiger partial charge in [-0.2, -0.15) is 0 Å². The molecule has 2 unspecified atom stereocenters. The highest BCUT2D eigenvalue weighted by atomic mass is 16.5. The van der Waals surface area contributed by atoms with E-state index in [4.69, 9.17) is 4.74 Å². The van der Waals surface area contributed by atoms with E-state index < -0.39 is 6.10 Å². The van der Waals surface area contributed by atoms with E-state index in [9.17, 15) is 9.90 Å². The molecule has 2 atom stereocenters. The maximum Gasteiger partial charge on any atom is 0.239 e. The highest BCUT2D eigenvalue weighted by molar-refractivity contribution is 5.82. The highest BCUT2D eigenvalue weighted by Gasteiger charge is 2.29. The number of hydrogen-bond acceptors (Lipinski definition) is 4. The molecule has 1 saturated heterocycles. The van der Waals surface area contributed by atoms with Crippen molar-refractivity contribution < 1.29 is 14.6 Å². The summed E-state index contributed by atoms with van der Waals surface area (Å²) in [6.45, 7) is 5.10. The summed E-state index contributed by atoms with van der Waals surface area (Å²) in [5.41, 5.74) is 1.04. The van der Waals surface area contributed by atoms with E-state index in [0.717, 1.165) is 11.3 Å². The normalized spacial score (nSPS) is 21.0. The van der Waals surface area contributed by atoms with E-state index in [-0.39, 0.29) is 11.9 Å². The van der Waals surface area contributed by atoms with Gasteiger partial charge in [0.05, 0.1) is 12.1 Å². The van der Waals surface area contributed by atoms with E-state index in [1.807, 2.05) is 24.3 Å². The summed E-state index contributed by atoms with van der Waals surface area (Å²) in [6, 6.07) is 7.38. The smallest absolute Gasteiger partial charge is 0.239 e. The number of ether oxygens (including phenoxy) is 1. The van der Waals surface area contributed by atoms with Gasteiger partial charge in [0.25, 0.3) is 0 Å². The number of carbonyl (C=O) groups is 1. The van der Waals surface area contributed by atoms with Gasteiger partial charge < -0.3 is 20.1 Å². The third-order valence-corrected chi connectivity index (χ3v) is 3.49. The topological polar surface area (TPSA) is 61.8 Å². The Bertz CT molecular complexity index is 487. The zero-order valence-corrected chi connectivity index (χ0v) is 12.3. The standard InChI is InChI=1S/C16H22N2O3/c1-3-8-21-14-6-4-12(5-7-14)11-18(2)16(20)15-9-13(19)10-17-15/h3-7,13,15,17,19H,1,8-11H2,2H3. The van der Waals surface area contributed by atoms with Gasteiger partial charge in [-0.3, -0.25) is 4.79 Å². The summed E-state index contributed by atoms with van der Waals surface area (Å²) >= 11 is 0. The largest absolute Gasteiger partial charge is 0.490 e. The number of rotatable bonds is 6. The highest BCUT2D eigenvalue weighted by Crippen LogP contribution is 2.15. The van der Waals surface area contributed by atoms with Crippen molar-refractivity contribution in [3.63, 3.8) is 0 Å². The number of carbonyl (C=O) groups excluding carboxylic acids is 1. The second-order valence-electron chi connectivity index (χ2n) is 5.29. The van der Waals surface area contributed by atoms with E-state index in [1.165, 1.54) is 0 Å². The summed E-state index contributed by atoms with van der Waals surface area (Å²) in [5, 5.41) is 12.5. The lowest BCUT2D eigenvalue weighted by Crippen LogP contribution is -2.41. The molecule has 5 nitrogen and oxygen atoms in total. The number of hydrogen-bond donors (Lipinski definition) is 2.